The van der Waals surface area contributed by atoms with Crippen LogP contribution in [0, 0.1) is 18.8 Å². The maximum absolute atomic E-state index is 11.2. The van der Waals surface area contributed by atoms with E-state index in [0.29, 0.717) is 11.5 Å². The Bertz CT molecular complexity index is 442. The van der Waals surface area contributed by atoms with Crippen molar-refractivity contribution in [3.8, 4) is 0 Å². The van der Waals surface area contributed by atoms with E-state index in [1.165, 1.54) is 19.3 Å². The molecule has 98 valence electrons. The highest BCUT2D eigenvalue weighted by molar-refractivity contribution is 5.94. The lowest BCUT2D eigenvalue weighted by Crippen LogP contribution is -2.18. The van der Waals surface area contributed by atoms with Gasteiger partial charge in [0.2, 0.25) is 0 Å². The van der Waals surface area contributed by atoms with Crippen LogP contribution in [0.2, 0.25) is 0 Å². The molecule has 0 saturated heterocycles. The third-order valence-electron chi connectivity index (χ3n) is 4.00. The van der Waals surface area contributed by atoms with Gasteiger partial charge in [0, 0.05) is 12.2 Å². The van der Waals surface area contributed by atoms with E-state index >= 15 is 0 Å². The fourth-order valence-corrected chi connectivity index (χ4v) is 2.76. The highest BCUT2D eigenvalue weighted by atomic mass is 16.4. The van der Waals surface area contributed by atoms with E-state index in [1.807, 2.05) is 19.1 Å². The number of carbonyl (C=O) groups is 1. The number of carboxylic acid groups (broad SMARTS) is 1. The Kier molecular flexibility index (Phi) is 3.90. The average Bonchev–Trinajstić information content (AvgIpc) is 2.72. The number of benzene rings is 1. The summed E-state index contributed by atoms with van der Waals surface area (Å²) in [6, 6.07) is 5.44. The van der Waals surface area contributed by atoms with Gasteiger partial charge in [-0.05, 0) is 42.9 Å². The predicted molar refractivity (Wildman–Crippen MR) is 73.1 cm³/mol. The van der Waals surface area contributed by atoms with Gasteiger partial charge in [-0.1, -0.05) is 25.8 Å². The van der Waals surface area contributed by atoms with Crippen molar-refractivity contribution in [1.29, 1.82) is 0 Å². The van der Waals surface area contributed by atoms with Crippen molar-refractivity contribution in [2.24, 2.45) is 11.8 Å². The van der Waals surface area contributed by atoms with Crippen LogP contribution in [0.4, 0.5) is 5.69 Å². The molecular formula is C15H21NO2. The maximum atomic E-state index is 11.2. The molecule has 0 amide bonds. The second-order valence-corrected chi connectivity index (χ2v) is 5.40. The van der Waals surface area contributed by atoms with Gasteiger partial charge in [0.1, 0.15) is 0 Å². The van der Waals surface area contributed by atoms with Gasteiger partial charge in [0.05, 0.1) is 5.56 Å². The fraction of sp³-hybridized carbons (Fsp3) is 0.533. The first-order valence-corrected chi connectivity index (χ1v) is 6.65. The molecule has 1 fully saturated rings. The van der Waals surface area contributed by atoms with Crippen molar-refractivity contribution in [2.45, 2.75) is 33.1 Å². The zero-order valence-electron chi connectivity index (χ0n) is 11.1. The first kappa shape index (κ1) is 12.9. The predicted octanol–water partition coefficient (Wildman–Crippen LogP) is 3.54. The molecule has 0 heterocycles. The molecule has 0 spiro atoms. The Morgan fingerprint density at radius 3 is 2.83 bits per heavy atom. The smallest absolute Gasteiger partial charge is 0.337 e. The van der Waals surface area contributed by atoms with Gasteiger partial charge in [-0.25, -0.2) is 4.79 Å². The van der Waals surface area contributed by atoms with Crippen LogP contribution < -0.4 is 5.32 Å². The number of rotatable bonds is 4. The summed E-state index contributed by atoms with van der Waals surface area (Å²) >= 11 is 0. The summed E-state index contributed by atoms with van der Waals surface area (Å²) in [6.07, 6.45) is 3.85. The number of nitrogens with one attached hydrogen (secondary N) is 1. The van der Waals surface area contributed by atoms with Gasteiger partial charge in [-0.15, -0.1) is 0 Å². The summed E-state index contributed by atoms with van der Waals surface area (Å²) < 4.78 is 0. The minimum Gasteiger partial charge on any atom is -0.478 e. The van der Waals surface area contributed by atoms with E-state index in [9.17, 15) is 4.79 Å². The normalized spacial score (nSPS) is 23.0. The lowest BCUT2D eigenvalue weighted by Gasteiger charge is -2.18. The standard InChI is InChI=1S/C15H21NO2/c1-10-6-7-13(15(17)18)14(8-10)16-9-12-5-3-4-11(12)2/h6-8,11-12,16H,3-5,9H2,1-2H3,(H,17,18). The van der Waals surface area contributed by atoms with Gasteiger partial charge in [-0.3, -0.25) is 0 Å². The molecule has 2 rings (SSSR count). The van der Waals surface area contributed by atoms with Crippen molar-refractivity contribution >= 4 is 11.7 Å². The Morgan fingerprint density at radius 1 is 1.44 bits per heavy atom. The van der Waals surface area contributed by atoms with Crippen LogP contribution in [0.15, 0.2) is 18.2 Å². The number of hydrogen-bond acceptors (Lipinski definition) is 2. The number of hydrogen-bond donors (Lipinski definition) is 2. The molecule has 3 nitrogen and oxygen atoms in total. The van der Waals surface area contributed by atoms with E-state index in [2.05, 4.69) is 12.2 Å². The maximum Gasteiger partial charge on any atom is 0.337 e. The Balaban J connectivity index is 2.08. The van der Waals surface area contributed by atoms with Crippen LogP contribution in [-0.4, -0.2) is 17.6 Å². The summed E-state index contributed by atoms with van der Waals surface area (Å²) in [5.41, 5.74) is 2.20. The summed E-state index contributed by atoms with van der Waals surface area (Å²) in [5.74, 6) is 0.555. The Labute approximate surface area is 108 Å². The topological polar surface area (TPSA) is 49.3 Å². The van der Waals surface area contributed by atoms with E-state index in [0.717, 1.165) is 23.7 Å². The van der Waals surface area contributed by atoms with E-state index < -0.39 is 5.97 Å². The van der Waals surface area contributed by atoms with Gasteiger partial charge in [-0.2, -0.15) is 0 Å². The number of aryl methyl sites for hydroxylation is 1. The summed E-state index contributed by atoms with van der Waals surface area (Å²) in [6.45, 7) is 5.15. The van der Waals surface area contributed by atoms with Crippen LogP contribution in [0.25, 0.3) is 0 Å². The minimum absolute atomic E-state index is 0.367. The molecule has 1 aliphatic rings. The SMILES string of the molecule is Cc1ccc(C(=O)O)c(NCC2CCCC2C)c1. The molecule has 1 aliphatic carbocycles. The van der Waals surface area contributed by atoms with Crippen molar-refractivity contribution < 1.29 is 9.90 Å². The molecule has 0 bridgehead atoms. The monoisotopic (exact) mass is 247 g/mol. The van der Waals surface area contributed by atoms with Crippen molar-refractivity contribution in [3.05, 3.63) is 29.3 Å². The molecule has 0 radical (unpaired) electrons. The first-order chi connectivity index (χ1) is 8.58. The summed E-state index contributed by atoms with van der Waals surface area (Å²) in [7, 11) is 0. The van der Waals surface area contributed by atoms with Crippen molar-refractivity contribution in [1.82, 2.24) is 0 Å². The van der Waals surface area contributed by atoms with Crippen LogP contribution in [-0.2, 0) is 0 Å². The second kappa shape index (κ2) is 5.42. The van der Waals surface area contributed by atoms with Crippen molar-refractivity contribution in [2.75, 3.05) is 11.9 Å². The zero-order valence-corrected chi connectivity index (χ0v) is 11.1. The molecule has 2 atom stereocenters. The summed E-state index contributed by atoms with van der Waals surface area (Å²) in [5, 5.41) is 12.5. The Morgan fingerprint density at radius 2 is 2.22 bits per heavy atom. The Hall–Kier alpha value is -1.51. The third-order valence-corrected chi connectivity index (χ3v) is 4.00. The largest absolute Gasteiger partial charge is 0.478 e. The molecule has 1 saturated carbocycles. The lowest BCUT2D eigenvalue weighted by molar-refractivity contribution is 0.0698. The lowest BCUT2D eigenvalue weighted by atomic mass is 9.98. The number of anilines is 1. The van der Waals surface area contributed by atoms with E-state index in [4.69, 9.17) is 5.11 Å². The van der Waals surface area contributed by atoms with Gasteiger partial charge in [0.25, 0.3) is 0 Å². The number of carboxylic acids is 1. The summed E-state index contributed by atoms with van der Waals surface area (Å²) in [4.78, 5) is 11.2. The van der Waals surface area contributed by atoms with Gasteiger partial charge >= 0.3 is 5.97 Å². The van der Waals surface area contributed by atoms with Crippen LogP contribution in [0.1, 0.15) is 42.1 Å². The fourth-order valence-electron chi connectivity index (χ4n) is 2.76. The van der Waals surface area contributed by atoms with Gasteiger partial charge in [0.15, 0.2) is 0 Å². The van der Waals surface area contributed by atoms with E-state index in [-0.39, 0.29) is 0 Å². The van der Waals surface area contributed by atoms with Crippen LogP contribution in [0.3, 0.4) is 0 Å². The quantitative estimate of drug-likeness (QED) is 0.855. The molecule has 0 aliphatic heterocycles. The molecule has 1 aromatic rings. The average molecular weight is 247 g/mol. The minimum atomic E-state index is -0.864. The van der Waals surface area contributed by atoms with E-state index in [1.54, 1.807) is 6.07 Å². The molecule has 0 aromatic heterocycles. The van der Waals surface area contributed by atoms with Crippen molar-refractivity contribution in [3.63, 3.8) is 0 Å². The molecule has 2 unspecified atom stereocenters. The zero-order chi connectivity index (χ0) is 13.1. The molecular weight excluding hydrogens is 226 g/mol. The first-order valence-electron chi connectivity index (χ1n) is 6.65. The third kappa shape index (κ3) is 2.84. The molecule has 1 aromatic carbocycles. The van der Waals surface area contributed by atoms with Crippen LogP contribution >= 0.6 is 0 Å². The molecule has 3 heteroatoms. The number of aromatic carboxylic acids is 1. The second-order valence-electron chi connectivity index (χ2n) is 5.40. The highest BCUT2D eigenvalue weighted by Crippen LogP contribution is 2.31. The molecule has 18 heavy (non-hydrogen) atoms. The van der Waals surface area contributed by atoms with Gasteiger partial charge < -0.3 is 10.4 Å². The van der Waals surface area contributed by atoms with Crippen LogP contribution in [0.5, 0.6) is 0 Å². The molecule has 2 N–H and O–H groups in total. The highest BCUT2D eigenvalue weighted by Gasteiger charge is 2.23.